The predicted molar refractivity (Wildman–Crippen MR) is 108 cm³/mol. The number of nitrogens with two attached hydrogens (primary N) is 2. The molecule has 12 heteroatoms. The summed E-state index contributed by atoms with van der Waals surface area (Å²) in [7, 11) is 0. The molecule has 2 rings (SSSR count). The van der Waals surface area contributed by atoms with E-state index in [0.29, 0.717) is 18.6 Å². The maximum absolute atomic E-state index is 12.0. The van der Waals surface area contributed by atoms with Crippen LogP contribution in [0.3, 0.4) is 0 Å². The first-order valence-corrected chi connectivity index (χ1v) is 8.95. The van der Waals surface area contributed by atoms with Crippen LogP contribution in [0.5, 0.6) is 0 Å². The molecule has 0 amide bonds. The number of hydrogen-bond donors (Lipinski definition) is 3. The number of nitrogens with zero attached hydrogens (tertiary/aromatic N) is 3. The zero-order valence-electron chi connectivity index (χ0n) is 16.6. The molecule has 0 bridgehead atoms. The highest BCUT2D eigenvalue weighted by Gasteiger charge is 2.21. The number of rotatable bonds is 9. The van der Waals surface area contributed by atoms with Crippen molar-refractivity contribution in [1.29, 1.82) is 0 Å². The van der Waals surface area contributed by atoms with Crippen LogP contribution < -0.4 is 17.0 Å². The topological polar surface area (TPSA) is 168 Å². The van der Waals surface area contributed by atoms with E-state index < -0.39 is 23.5 Å². The van der Waals surface area contributed by atoms with Crippen LogP contribution in [0.1, 0.15) is 27.2 Å². The molecular weight excluding hydrogens is 404 g/mol. The van der Waals surface area contributed by atoms with Gasteiger partial charge in [-0.25, -0.2) is 4.98 Å². The Bertz CT molecular complexity index is 896. The molecule has 5 N–H and O–H groups in total. The molecule has 0 saturated heterocycles. The van der Waals surface area contributed by atoms with Crippen LogP contribution in [0.25, 0.3) is 11.2 Å². The van der Waals surface area contributed by atoms with Gasteiger partial charge in [-0.05, 0) is 12.3 Å². The summed E-state index contributed by atoms with van der Waals surface area (Å²) in [6.07, 6.45) is 1.97. The number of aryl methyl sites for hydroxylation is 1. The highest BCUT2D eigenvalue weighted by Crippen LogP contribution is 2.13. The quantitative estimate of drug-likeness (QED) is 0.471. The van der Waals surface area contributed by atoms with Crippen molar-refractivity contribution in [3.05, 3.63) is 16.7 Å². The second kappa shape index (κ2) is 10.8. The van der Waals surface area contributed by atoms with Crippen molar-refractivity contribution >= 4 is 41.5 Å². The second-order valence-corrected chi connectivity index (χ2v) is 6.92. The molecule has 0 saturated carbocycles. The fourth-order valence-electron chi connectivity index (χ4n) is 2.47. The second-order valence-electron chi connectivity index (χ2n) is 6.92. The Morgan fingerprint density at radius 3 is 2.55 bits per heavy atom. The lowest BCUT2D eigenvalue weighted by atomic mass is 10.1. The summed E-state index contributed by atoms with van der Waals surface area (Å²) < 4.78 is 12.0. The van der Waals surface area contributed by atoms with Gasteiger partial charge in [0.15, 0.2) is 11.2 Å². The van der Waals surface area contributed by atoms with E-state index >= 15 is 0 Å². The Balaban J connectivity index is 0.00000420. The number of carbonyl (C=O) groups is 2. The van der Waals surface area contributed by atoms with Crippen molar-refractivity contribution in [2.75, 3.05) is 18.9 Å². The fraction of sp³-hybridized carbons (Fsp3) is 0.588. The van der Waals surface area contributed by atoms with Crippen molar-refractivity contribution < 1.29 is 19.1 Å². The summed E-state index contributed by atoms with van der Waals surface area (Å²) >= 11 is 0. The normalized spacial score (nSPS) is 13.0. The zero-order valence-corrected chi connectivity index (χ0v) is 17.4. The maximum Gasteiger partial charge on any atom is 0.323 e. The number of imidazole rings is 1. The third-order valence-corrected chi connectivity index (χ3v) is 4.25. The lowest BCUT2D eigenvalue weighted by molar-refractivity contribution is -0.150. The molecule has 0 radical (unpaired) electrons. The first-order chi connectivity index (χ1) is 13.2. The molecule has 0 aromatic carbocycles. The number of carbonyl (C=O) groups excluding carboxylic acids is 2. The minimum absolute atomic E-state index is 0. The third kappa shape index (κ3) is 6.71. The number of aromatic nitrogens is 4. The van der Waals surface area contributed by atoms with Crippen molar-refractivity contribution in [3.8, 4) is 0 Å². The molecule has 0 fully saturated rings. The van der Waals surface area contributed by atoms with Crippen molar-refractivity contribution in [1.82, 2.24) is 19.5 Å². The molecule has 0 aliphatic carbocycles. The van der Waals surface area contributed by atoms with Gasteiger partial charge in [0.25, 0.3) is 5.56 Å². The number of nitrogen functional groups attached to an aromatic ring is 1. The van der Waals surface area contributed by atoms with Crippen LogP contribution >= 0.6 is 12.4 Å². The average Bonchev–Trinajstić information content (AvgIpc) is 3.02. The number of halogens is 1. The number of esters is 2. The molecule has 2 heterocycles. The molecule has 29 heavy (non-hydrogen) atoms. The Morgan fingerprint density at radius 2 is 1.93 bits per heavy atom. The van der Waals surface area contributed by atoms with Gasteiger partial charge in [0.2, 0.25) is 5.95 Å². The molecular formula is C17H27ClN6O5. The first-order valence-electron chi connectivity index (χ1n) is 8.95. The van der Waals surface area contributed by atoms with Gasteiger partial charge in [0.05, 0.1) is 19.5 Å². The molecule has 2 aromatic heterocycles. The lowest BCUT2D eigenvalue weighted by Gasteiger charge is -2.20. The van der Waals surface area contributed by atoms with Crippen molar-refractivity contribution in [2.45, 2.75) is 39.8 Å². The predicted octanol–water partition coefficient (Wildman–Crippen LogP) is 0.220. The zero-order chi connectivity index (χ0) is 20.8. The van der Waals surface area contributed by atoms with Gasteiger partial charge in [-0.2, -0.15) is 4.98 Å². The van der Waals surface area contributed by atoms with E-state index in [0.717, 1.165) is 0 Å². The highest BCUT2D eigenvalue weighted by molar-refractivity contribution is 5.85. The van der Waals surface area contributed by atoms with Gasteiger partial charge >= 0.3 is 11.9 Å². The van der Waals surface area contributed by atoms with Gasteiger partial charge in [-0.3, -0.25) is 19.4 Å². The molecule has 0 aliphatic rings. The number of aromatic amines is 1. The van der Waals surface area contributed by atoms with Gasteiger partial charge in [-0.15, -0.1) is 12.4 Å². The number of nitrogens with one attached hydrogen (secondary N) is 1. The monoisotopic (exact) mass is 430 g/mol. The summed E-state index contributed by atoms with van der Waals surface area (Å²) in [5.74, 6) is -1.25. The molecule has 2 aromatic rings. The van der Waals surface area contributed by atoms with Crippen molar-refractivity contribution in [2.24, 2.45) is 17.6 Å². The Kier molecular flexibility index (Phi) is 9.05. The van der Waals surface area contributed by atoms with Gasteiger partial charge in [-0.1, -0.05) is 13.8 Å². The highest BCUT2D eigenvalue weighted by atomic mass is 35.5. The third-order valence-electron chi connectivity index (χ3n) is 4.25. The first kappa shape index (κ1) is 24.4. The molecule has 0 spiro atoms. The van der Waals surface area contributed by atoms with E-state index in [9.17, 15) is 14.4 Å². The van der Waals surface area contributed by atoms with Crippen LogP contribution in [0, 0.1) is 11.8 Å². The van der Waals surface area contributed by atoms with Gasteiger partial charge in [0.1, 0.15) is 6.04 Å². The van der Waals surface area contributed by atoms with E-state index in [-0.39, 0.29) is 48.9 Å². The summed E-state index contributed by atoms with van der Waals surface area (Å²) in [4.78, 5) is 45.5. The Labute approximate surface area is 173 Å². The number of fused-ring (bicyclic) bond motifs is 1. The minimum Gasteiger partial charge on any atom is -0.465 e. The van der Waals surface area contributed by atoms with E-state index in [1.807, 2.05) is 13.8 Å². The molecule has 162 valence electrons. The summed E-state index contributed by atoms with van der Waals surface area (Å²) in [6.45, 7) is 5.50. The van der Waals surface area contributed by atoms with Crippen LogP contribution in [-0.4, -0.2) is 50.7 Å². The number of hydrogen-bond acceptors (Lipinski definition) is 9. The molecule has 1 unspecified atom stereocenters. The number of ether oxygens (including phenoxy) is 2. The maximum atomic E-state index is 12.0. The summed E-state index contributed by atoms with van der Waals surface area (Å²) in [5.41, 5.74) is 11.5. The summed E-state index contributed by atoms with van der Waals surface area (Å²) in [6, 6.07) is -0.717. The fourth-order valence-corrected chi connectivity index (χ4v) is 2.47. The van der Waals surface area contributed by atoms with Crippen LogP contribution in [0.15, 0.2) is 11.1 Å². The number of anilines is 1. The SMILES string of the molecule is CC(=O)OCC(CCn1cnc2c(=O)[nH]c(N)nc21)COC(=O)[C@@H](N)C(C)C.Cl. The summed E-state index contributed by atoms with van der Waals surface area (Å²) in [5, 5.41) is 0. The van der Waals surface area contributed by atoms with Crippen LogP contribution in [0.4, 0.5) is 5.95 Å². The van der Waals surface area contributed by atoms with Crippen LogP contribution in [-0.2, 0) is 25.6 Å². The molecule has 11 nitrogen and oxygen atoms in total. The van der Waals surface area contributed by atoms with E-state index in [1.165, 1.54) is 13.3 Å². The van der Waals surface area contributed by atoms with E-state index in [4.69, 9.17) is 20.9 Å². The largest absolute Gasteiger partial charge is 0.465 e. The number of H-pyrrole nitrogens is 1. The molecule has 2 atom stereocenters. The van der Waals surface area contributed by atoms with Crippen LogP contribution in [0.2, 0.25) is 0 Å². The average molecular weight is 431 g/mol. The van der Waals surface area contributed by atoms with Crippen molar-refractivity contribution in [3.63, 3.8) is 0 Å². The van der Waals surface area contributed by atoms with E-state index in [1.54, 1.807) is 4.57 Å². The Morgan fingerprint density at radius 1 is 1.28 bits per heavy atom. The standard InChI is InChI=1S/C17H26N6O5.ClH/c1-9(2)12(18)16(26)28-7-11(6-27-10(3)24)4-5-23-8-20-13-14(23)21-17(19)22-15(13)25;/h8-9,11-12H,4-7,18H2,1-3H3,(H3,19,21,22,25);1H/t11?,12-;/m0./s1. The van der Waals surface area contributed by atoms with E-state index in [2.05, 4.69) is 15.0 Å². The molecule has 0 aliphatic heterocycles. The Hall–Kier alpha value is -2.66. The smallest absolute Gasteiger partial charge is 0.323 e. The minimum atomic E-state index is -0.717. The lowest BCUT2D eigenvalue weighted by Crippen LogP contribution is -2.38. The van der Waals surface area contributed by atoms with Gasteiger partial charge < -0.3 is 25.5 Å². The van der Waals surface area contributed by atoms with Gasteiger partial charge in [0, 0.05) is 19.4 Å².